The molecular weight excluding hydrogens is 210 g/mol. The lowest BCUT2D eigenvalue weighted by atomic mass is 9.95. The molecule has 2 aliphatic rings. The summed E-state index contributed by atoms with van der Waals surface area (Å²) in [5.41, 5.74) is 0. The van der Waals surface area contributed by atoms with E-state index in [0.717, 1.165) is 19.6 Å². The van der Waals surface area contributed by atoms with Crippen molar-refractivity contribution in [3.8, 4) is 0 Å². The van der Waals surface area contributed by atoms with Gasteiger partial charge in [0.1, 0.15) is 0 Å². The predicted octanol–water partition coefficient (Wildman–Crippen LogP) is 2.70. The molecule has 2 fully saturated rings. The second-order valence-corrected chi connectivity index (χ2v) is 5.35. The highest BCUT2D eigenvalue weighted by atomic mass is 35.5. The molecule has 2 rings (SSSR count). The minimum absolute atomic E-state index is 0.350. The van der Waals surface area contributed by atoms with Crippen LogP contribution in [0.5, 0.6) is 0 Å². The molecule has 1 saturated heterocycles. The first-order valence-corrected chi connectivity index (χ1v) is 6.79. The Kier molecular flexibility index (Phi) is 4.73. The summed E-state index contributed by atoms with van der Waals surface area (Å²) in [6, 6.07) is 0.543. The first-order chi connectivity index (χ1) is 7.36. The molecule has 0 spiro atoms. The van der Waals surface area contributed by atoms with Crippen molar-refractivity contribution in [2.45, 2.75) is 62.5 Å². The summed E-state index contributed by atoms with van der Waals surface area (Å²) >= 11 is 6.28. The molecule has 0 bridgehead atoms. The van der Waals surface area contributed by atoms with Crippen LogP contribution >= 0.6 is 11.6 Å². The molecule has 2 nitrogen and oxygen atoms in total. The molecule has 0 aromatic heterocycles. The van der Waals surface area contributed by atoms with E-state index in [-0.39, 0.29) is 0 Å². The number of ether oxygens (including phenoxy) is 1. The van der Waals surface area contributed by atoms with Gasteiger partial charge in [0.15, 0.2) is 0 Å². The van der Waals surface area contributed by atoms with Gasteiger partial charge in [-0.15, -0.1) is 11.6 Å². The van der Waals surface area contributed by atoms with Gasteiger partial charge in [-0.2, -0.15) is 0 Å². The standard InChI is InChI=1S/C12H22ClNO/c13-11-5-1-2-6-12(11)14-8-7-10-4-3-9-15-10/h10-12,14H,1-9H2. The van der Waals surface area contributed by atoms with Crippen molar-refractivity contribution in [3.63, 3.8) is 0 Å². The van der Waals surface area contributed by atoms with E-state index in [1.807, 2.05) is 0 Å². The Morgan fingerprint density at radius 1 is 1.13 bits per heavy atom. The lowest BCUT2D eigenvalue weighted by molar-refractivity contribution is 0.103. The number of alkyl halides is 1. The third-order valence-corrected chi connectivity index (χ3v) is 4.10. The number of hydrogen-bond donors (Lipinski definition) is 1. The summed E-state index contributed by atoms with van der Waals surface area (Å²) in [4.78, 5) is 0. The molecule has 1 heterocycles. The van der Waals surface area contributed by atoms with E-state index in [9.17, 15) is 0 Å². The number of hydrogen-bond acceptors (Lipinski definition) is 2. The van der Waals surface area contributed by atoms with Crippen molar-refractivity contribution in [1.82, 2.24) is 5.32 Å². The molecule has 0 aromatic rings. The van der Waals surface area contributed by atoms with E-state index < -0.39 is 0 Å². The van der Waals surface area contributed by atoms with Gasteiger partial charge in [0.05, 0.1) is 6.10 Å². The van der Waals surface area contributed by atoms with Crippen LogP contribution in [0.25, 0.3) is 0 Å². The fourth-order valence-electron chi connectivity index (χ4n) is 2.62. The summed E-state index contributed by atoms with van der Waals surface area (Å²) in [5, 5.41) is 3.94. The van der Waals surface area contributed by atoms with E-state index in [1.54, 1.807) is 0 Å². The van der Waals surface area contributed by atoms with E-state index in [4.69, 9.17) is 16.3 Å². The van der Waals surface area contributed by atoms with Crippen LogP contribution in [-0.2, 0) is 4.74 Å². The van der Waals surface area contributed by atoms with Crippen molar-refractivity contribution >= 4 is 11.6 Å². The molecule has 3 unspecified atom stereocenters. The summed E-state index contributed by atoms with van der Waals surface area (Å²) in [6.07, 6.45) is 9.22. The second-order valence-electron chi connectivity index (χ2n) is 4.78. The van der Waals surface area contributed by atoms with Crippen LogP contribution in [-0.4, -0.2) is 30.7 Å². The number of halogens is 1. The van der Waals surface area contributed by atoms with Crippen LogP contribution in [0.1, 0.15) is 44.9 Å². The van der Waals surface area contributed by atoms with Crippen molar-refractivity contribution in [3.05, 3.63) is 0 Å². The highest BCUT2D eigenvalue weighted by Gasteiger charge is 2.23. The van der Waals surface area contributed by atoms with Crippen LogP contribution < -0.4 is 5.32 Å². The van der Waals surface area contributed by atoms with Crippen molar-refractivity contribution in [1.29, 1.82) is 0 Å². The molecular formula is C12H22ClNO. The van der Waals surface area contributed by atoms with Gasteiger partial charge in [-0.25, -0.2) is 0 Å². The quantitative estimate of drug-likeness (QED) is 0.752. The van der Waals surface area contributed by atoms with Crippen LogP contribution in [0.3, 0.4) is 0 Å². The van der Waals surface area contributed by atoms with Crippen molar-refractivity contribution in [2.75, 3.05) is 13.2 Å². The Morgan fingerprint density at radius 3 is 2.73 bits per heavy atom. The van der Waals surface area contributed by atoms with Gasteiger partial charge >= 0.3 is 0 Å². The third kappa shape index (κ3) is 3.61. The molecule has 3 heteroatoms. The van der Waals surface area contributed by atoms with Gasteiger partial charge in [0.2, 0.25) is 0 Å². The molecule has 1 N–H and O–H groups in total. The first-order valence-electron chi connectivity index (χ1n) is 6.35. The highest BCUT2D eigenvalue weighted by molar-refractivity contribution is 6.21. The van der Waals surface area contributed by atoms with Gasteiger partial charge in [-0.05, 0) is 38.6 Å². The minimum atomic E-state index is 0.350. The van der Waals surface area contributed by atoms with Crippen LogP contribution in [0.15, 0.2) is 0 Å². The Bertz CT molecular complexity index is 182. The molecule has 3 atom stereocenters. The first kappa shape index (κ1) is 11.7. The maximum absolute atomic E-state index is 6.28. The normalized spacial score (nSPS) is 37.0. The Hall–Kier alpha value is 0.210. The summed E-state index contributed by atoms with van der Waals surface area (Å²) in [7, 11) is 0. The number of rotatable bonds is 4. The Balaban J connectivity index is 1.59. The zero-order valence-electron chi connectivity index (χ0n) is 9.38. The Morgan fingerprint density at radius 2 is 2.00 bits per heavy atom. The fourth-order valence-corrected chi connectivity index (χ4v) is 2.99. The highest BCUT2D eigenvalue weighted by Crippen LogP contribution is 2.23. The van der Waals surface area contributed by atoms with Crippen LogP contribution in [0.2, 0.25) is 0 Å². The second kappa shape index (κ2) is 6.07. The van der Waals surface area contributed by atoms with Gasteiger partial charge in [0.25, 0.3) is 0 Å². The lowest BCUT2D eigenvalue weighted by Gasteiger charge is -2.28. The molecule has 15 heavy (non-hydrogen) atoms. The van der Waals surface area contributed by atoms with Crippen LogP contribution in [0, 0.1) is 0 Å². The molecule has 0 radical (unpaired) electrons. The van der Waals surface area contributed by atoms with Crippen molar-refractivity contribution < 1.29 is 4.74 Å². The SMILES string of the molecule is ClC1CCCCC1NCCC1CCCO1. The van der Waals surface area contributed by atoms with Crippen molar-refractivity contribution in [2.24, 2.45) is 0 Å². The maximum atomic E-state index is 6.28. The molecule has 1 aliphatic heterocycles. The average molecular weight is 232 g/mol. The monoisotopic (exact) mass is 231 g/mol. The molecule has 0 amide bonds. The lowest BCUT2D eigenvalue weighted by Crippen LogP contribution is -2.40. The van der Waals surface area contributed by atoms with E-state index in [0.29, 0.717) is 17.5 Å². The largest absolute Gasteiger partial charge is 0.378 e. The van der Waals surface area contributed by atoms with Gasteiger partial charge in [0, 0.05) is 18.0 Å². The molecule has 1 aliphatic carbocycles. The zero-order valence-corrected chi connectivity index (χ0v) is 10.1. The summed E-state index contributed by atoms with van der Waals surface area (Å²) < 4.78 is 5.60. The minimum Gasteiger partial charge on any atom is -0.378 e. The van der Waals surface area contributed by atoms with E-state index in [1.165, 1.54) is 38.5 Å². The van der Waals surface area contributed by atoms with Gasteiger partial charge < -0.3 is 10.1 Å². The Labute approximate surface area is 97.7 Å². The zero-order chi connectivity index (χ0) is 10.5. The van der Waals surface area contributed by atoms with E-state index >= 15 is 0 Å². The topological polar surface area (TPSA) is 21.3 Å². The molecule has 1 saturated carbocycles. The average Bonchev–Trinajstić information content (AvgIpc) is 2.74. The van der Waals surface area contributed by atoms with E-state index in [2.05, 4.69) is 5.32 Å². The summed E-state index contributed by atoms with van der Waals surface area (Å²) in [5.74, 6) is 0. The summed E-state index contributed by atoms with van der Waals surface area (Å²) in [6.45, 7) is 2.03. The number of nitrogens with one attached hydrogen (secondary N) is 1. The van der Waals surface area contributed by atoms with Gasteiger partial charge in [-0.1, -0.05) is 12.8 Å². The smallest absolute Gasteiger partial charge is 0.0588 e. The predicted molar refractivity (Wildman–Crippen MR) is 63.5 cm³/mol. The molecule has 88 valence electrons. The molecule has 0 aromatic carbocycles. The van der Waals surface area contributed by atoms with Crippen LogP contribution in [0.4, 0.5) is 0 Å². The van der Waals surface area contributed by atoms with Gasteiger partial charge in [-0.3, -0.25) is 0 Å². The fraction of sp³-hybridized carbons (Fsp3) is 1.00. The maximum Gasteiger partial charge on any atom is 0.0588 e. The third-order valence-electron chi connectivity index (χ3n) is 3.58.